The molecule has 4 heteroatoms. The second-order valence-corrected chi connectivity index (χ2v) is 5.49. The minimum absolute atomic E-state index is 0.0207. The summed E-state index contributed by atoms with van der Waals surface area (Å²) in [4.78, 5) is 14.4. The highest BCUT2D eigenvalue weighted by Crippen LogP contribution is 2.14. The van der Waals surface area contributed by atoms with Gasteiger partial charge in [0.2, 0.25) is 0 Å². The SMILES string of the molecule is CCCNc1ccc(C(=O)NCC2CCCN2C)cc1. The Bertz CT molecular complexity index is 430. The lowest BCUT2D eigenvalue weighted by Gasteiger charge is -2.19. The van der Waals surface area contributed by atoms with E-state index in [9.17, 15) is 4.79 Å². The molecule has 4 nitrogen and oxygen atoms in total. The Balaban J connectivity index is 1.82. The minimum atomic E-state index is 0.0207. The molecule has 2 N–H and O–H groups in total. The molecule has 110 valence electrons. The Morgan fingerprint density at radius 3 is 2.70 bits per heavy atom. The highest BCUT2D eigenvalue weighted by atomic mass is 16.1. The maximum absolute atomic E-state index is 12.1. The zero-order valence-corrected chi connectivity index (χ0v) is 12.5. The molecule has 1 atom stereocenters. The molecule has 1 fully saturated rings. The number of rotatable bonds is 6. The average molecular weight is 275 g/mol. The van der Waals surface area contributed by atoms with Gasteiger partial charge in [-0.3, -0.25) is 4.79 Å². The summed E-state index contributed by atoms with van der Waals surface area (Å²) >= 11 is 0. The first-order valence-corrected chi connectivity index (χ1v) is 7.53. The van der Waals surface area contributed by atoms with Crippen molar-refractivity contribution in [1.82, 2.24) is 10.2 Å². The number of hydrogen-bond acceptors (Lipinski definition) is 3. The molecule has 0 aromatic heterocycles. The number of likely N-dealkylation sites (tertiary alicyclic amines) is 1. The third kappa shape index (κ3) is 3.97. The third-order valence-corrected chi connectivity index (χ3v) is 3.90. The van der Waals surface area contributed by atoms with Crippen molar-refractivity contribution in [3.8, 4) is 0 Å². The highest BCUT2D eigenvalue weighted by Gasteiger charge is 2.21. The second kappa shape index (κ2) is 7.29. The van der Waals surface area contributed by atoms with Crippen LogP contribution < -0.4 is 10.6 Å². The molecule has 2 rings (SSSR count). The summed E-state index contributed by atoms with van der Waals surface area (Å²) in [5.74, 6) is 0.0207. The van der Waals surface area contributed by atoms with Crippen molar-refractivity contribution in [2.75, 3.05) is 32.0 Å². The second-order valence-electron chi connectivity index (χ2n) is 5.49. The van der Waals surface area contributed by atoms with E-state index in [0.717, 1.165) is 37.3 Å². The topological polar surface area (TPSA) is 44.4 Å². The van der Waals surface area contributed by atoms with Gasteiger partial charge in [-0.2, -0.15) is 0 Å². The predicted molar refractivity (Wildman–Crippen MR) is 83.2 cm³/mol. The fraction of sp³-hybridized carbons (Fsp3) is 0.562. The molecule has 1 aromatic rings. The maximum Gasteiger partial charge on any atom is 0.251 e. The molecule has 1 unspecified atom stereocenters. The number of benzene rings is 1. The van der Waals surface area contributed by atoms with Crippen LogP contribution in [0.2, 0.25) is 0 Å². The zero-order chi connectivity index (χ0) is 14.4. The van der Waals surface area contributed by atoms with Gasteiger partial charge >= 0.3 is 0 Å². The number of nitrogens with zero attached hydrogens (tertiary/aromatic N) is 1. The molecule has 20 heavy (non-hydrogen) atoms. The molecular formula is C16H25N3O. The van der Waals surface area contributed by atoms with E-state index >= 15 is 0 Å². The largest absolute Gasteiger partial charge is 0.385 e. The van der Waals surface area contributed by atoms with E-state index in [1.165, 1.54) is 12.8 Å². The van der Waals surface area contributed by atoms with Crippen LogP contribution in [0.1, 0.15) is 36.5 Å². The van der Waals surface area contributed by atoms with Crippen LogP contribution in [0.4, 0.5) is 5.69 Å². The molecule has 1 aromatic carbocycles. The molecule has 1 amide bonds. The molecule has 0 saturated carbocycles. The van der Waals surface area contributed by atoms with Gasteiger partial charge < -0.3 is 15.5 Å². The Hall–Kier alpha value is -1.55. The first kappa shape index (κ1) is 14.9. The molecule has 0 aliphatic carbocycles. The van der Waals surface area contributed by atoms with E-state index in [0.29, 0.717) is 6.04 Å². The third-order valence-electron chi connectivity index (χ3n) is 3.90. The van der Waals surface area contributed by atoms with Gasteiger partial charge in [-0.15, -0.1) is 0 Å². The minimum Gasteiger partial charge on any atom is -0.385 e. The van der Waals surface area contributed by atoms with Crippen molar-refractivity contribution < 1.29 is 4.79 Å². The van der Waals surface area contributed by atoms with Gasteiger partial charge in [-0.1, -0.05) is 6.92 Å². The summed E-state index contributed by atoms with van der Waals surface area (Å²) < 4.78 is 0. The first-order chi connectivity index (χ1) is 9.70. The molecular weight excluding hydrogens is 250 g/mol. The van der Waals surface area contributed by atoms with Gasteiger partial charge in [-0.05, 0) is 57.1 Å². The van der Waals surface area contributed by atoms with Gasteiger partial charge in [0.25, 0.3) is 5.91 Å². The number of carbonyl (C=O) groups is 1. The predicted octanol–water partition coefficient (Wildman–Crippen LogP) is 2.33. The van der Waals surface area contributed by atoms with E-state index in [2.05, 4.69) is 29.5 Å². The highest BCUT2D eigenvalue weighted by molar-refractivity contribution is 5.94. The zero-order valence-electron chi connectivity index (χ0n) is 12.5. The van der Waals surface area contributed by atoms with Gasteiger partial charge in [0.05, 0.1) is 0 Å². The number of hydrogen-bond donors (Lipinski definition) is 2. The number of nitrogens with one attached hydrogen (secondary N) is 2. The lowest BCUT2D eigenvalue weighted by atomic mass is 10.1. The lowest BCUT2D eigenvalue weighted by Crippen LogP contribution is -2.38. The van der Waals surface area contributed by atoms with E-state index in [4.69, 9.17) is 0 Å². The average Bonchev–Trinajstić information content (AvgIpc) is 2.88. The Kier molecular flexibility index (Phi) is 5.41. The Labute approximate surface area is 121 Å². The number of anilines is 1. The van der Waals surface area contributed by atoms with Crippen molar-refractivity contribution >= 4 is 11.6 Å². The van der Waals surface area contributed by atoms with E-state index in [1.54, 1.807) is 0 Å². The quantitative estimate of drug-likeness (QED) is 0.837. The number of carbonyl (C=O) groups excluding carboxylic acids is 1. The van der Waals surface area contributed by atoms with Crippen LogP contribution in [0.3, 0.4) is 0 Å². The summed E-state index contributed by atoms with van der Waals surface area (Å²) in [7, 11) is 2.12. The van der Waals surface area contributed by atoms with Crippen molar-refractivity contribution in [3.05, 3.63) is 29.8 Å². The lowest BCUT2D eigenvalue weighted by molar-refractivity contribution is 0.0943. The normalized spacial score (nSPS) is 19.0. The molecule has 1 aliphatic rings. The van der Waals surface area contributed by atoms with Crippen molar-refractivity contribution in [1.29, 1.82) is 0 Å². The van der Waals surface area contributed by atoms with Crippen LogP contribution >= 0.6 is 0 Å². The fourth-order valence-electron chi connectivity index (χ4n) is 2.56. The summed E-state index contributed by atoms with van der Waals surface area (Å²) in [6.45, 7) is 4.97. The van der Waals surface area contributed by atoms with Crippen molar-refractivity contribution in [3.63, 3.8) is 0 Å². The van der Waals surface area contributed by atoms with Crippen LogP contribution in [0.5, 0.6) is 0 Å². The maximum atomic E-state index is 12.1. The van der Waals surface area contributed by atoms with Crippen LogP contribution in [-0.2, 0) is 0 Å². The smallest absolute Gasteiger partial charge is 0.251 e. The molecule has 0 spiro atoms. The summed E-state index contributed by atoms with van der Waals surface area (Å²) in [6, 6.07) is 8.18. The molecule has 0 bridgehead atoms. The summed E-state index contributed by atoms with van der Waals surface area (Å²) in [6.07, 6.45) is 3.50. The Morgan fingerprint density at radius 2 is 2.10 bits per heavy atom. The van der Waals surface area contributed by atoms with Crippen LogP contribution in [0, 0.1) is 0 Å². The Morgan fingerprint density at radius 1 is 1.35 bits per heavy atom. The molecule has 1 saturated heterocycles. The van der Waals surface area contributed by atoms with E-state index < -0.39 is 0 Å². The van der Waals surface area contributed by atoms with Gasteiger partial charge in [-0.25, -0.2) is 0 Å². The standard InChI is InChI=1S/C16H25N3O/c1-3-10-17-14-8-6-13(7-9-14)16(20)18-12-15-5-4-11-19(15)2/h6-9,15,17H,3-5,10-12H2,1-2H3,(H,18,20). The van der Waals surface area contributed by atoms with Crippen molar-refractivity contribution in [2.24, 2.45) is 0 Å². The molecule has 1 heterocycles. The van der Waals surface area contributed by atoms with E-state index in [-0.39, 0.29) is 5.91 Å². The van der Waals surface area contributed by atoms with Gasteiger partial charge in [0.1, 0.15) is 0 Å². The van der Waals surface area contributed by atoms with Crippen LogP contribution in [-0.4, -0.2) is 43.5 Å². The fourth-order valence-corrected chi connectivity index (χ4v) is 2.56. The molecule has 1 aliphatic heterocycles. The van der Waals surface area contributed by atoms with Crippen LogP contribution in [0.15, 0.2) is 24.3 Å². The van der Waals surface area contributed by atoms with Gasteiger partial charge in [0, 0.05) is 30.4 Å². The summed E-state index contributed by atoms with van der Waals surface area (Å²) in [5.41, 5.74) is 1.80. The van der Waals surface area contributed by atoms with Gasteiger partial charge in [0.15, 0.2) is 0 Å². The van der Waals surface area contributed by atoms with E-state index in [1.807, 2.05) is 24.3 Å². The molecule has 0 radical (unpaired) electrons. The first-order valence-electron chi connectivity index (χ1n) is 7.53. The van der Waals surface area contributed by atoms with Crippen molar-refractivity contribution in [2.45, 2.75) is 32.2 Å². The van der Waals surface area contributed by atoms with Crippen LogP contribution in [0.25, 0.3) is 0 Å². The monoisotopic (exact) mass is 275 g/mol. The number of amides is 1. The summed E-state index contributed by atoms with van der Waals surface area (Å²) in [5, 5.41) is 6.34. The number of likely N-dealkylation sites (N-methyl/N-ethyl adjacent to an activating group) is 1.